The van der Waals surface area contributed by atoms with Crippen molar-refractivity contribution in [1.29, 1.82) is 0 Å². The Labute approximate surface area is 145 Å². The Hall–Kier alpha value is -2.87. The largest absolute Gasteiger partial charge is 0.378 e. The molecule has 1 aliphatic rings. The van der Waals surface area contributed by atoms with Gasteiger partial charge in [-0.2, -0.15) is 0 Å². The third kappa shape index (κ3) is 4.36. The Kier molecular flexibility index (Phi) is 5.30. The van der Waals surface area contributed by atoms with Crippen LogP contribution < -0.4 is 10.6 Å². The summed E-state index contributed by atoms with van der Waals surface area (Å²) in [6, 6.07) is 8.78. The summed E-state index contributed by atoms with van der Waals surface area (Å²) in [4.78, 5) is 26.4. The highest BCUT2D eigenvalue weighted by molar-refractivity contribution is 6.00. The molecule has 1 aromatic heterocycles. The van der Waals surface area contributed by atoms with E-state index in [1.54, 1.807) is 36.1 Å². The Morgan fingerprint density at radius 1 is 1.24 bits per heavy atom. The van der Waals surface area contributed by atoms with Crippen molar-refractivity contribution in [2.24, 2.45) is 0 Å². The van der Waals surface area contributed by atoms with E-state index in [1.165, 1.54) is 0 Å². The van der Waals surface area contributed by atoms with Crippen LogP contribution in [0.2, 0.25) is 0 Å². The molecule has 2 heterocycles. The van der Waals surface area contributed by atoms with Crippen molar-refractivity contribution in [3.05, 3.63) is 41.6 Å². The monoisotopic (exact) mass is 344 g/mol. The second-order valence-corrected chi connectivity index (χ2v) is 5.68. The van der Waals surface area contributed by atoms with Crippen LogP contribution in [0.3, 0.4) is 0 Å². The molecule has 1 aromatic carbocycles. The number of rotatable bonds is 5. The average molecular weight is 344 g/mol. The van der Waals surface area contributed by atoms with Crippen molar-refractivity contribution in [3.8, 4) is 0 Å². The summed E-state index contributed by atoms with van der Waals surface area (Å²) in [6.45, 7) is 4.00. The molecule has 0 radical (unpaired) electrons. The first-order valence-corrected chi connectivity index (χ1v) is 8.06. The van der Waals surface area contributed by atoms with Crippen LogP contribution in [-0.2, 0) is 9.53 Å². The number of hydrogen-bond donors (Lipinski definition) is 2. The highest BCUT2D eigenvalue weighted by atomic mass is 16.5. The molecule has 0 atom stereocenters. The molecular formula is C17H20N4O4. The van der Waals surface area contributed by atoms with Gasteiger partial charge in [0.2, 0.25) is 11.8 Å². The van der Waals surface area contributed by atoms with Crippen LogP contribution in [0.25, 0.3) is 0 Å². The molecule has 132 valence electrons. The van der Waals surface area contributed by atoms with Crippen LogP contribution in [0, 0.1) is 6.92 Å². The minimum Gasteiger partial charge on any atom is -0.378 e. The fourth-order valence-corrected chi connectivity index (χ4v) is 2.54. The topological polar surface area (TPSA) is 96.7 Å². The molecule has 3 rings (SSSR count). The van der Waals surface area contributed by atoms with Crippen molar-refractivity contribution < 1.29 is 18.8 Å². The van der Waals surface area contributed by atoms with E-state index in [2.05, 4.69) is 15.8 Å². The molecule has 0 bridgehead atoms. The van der Waals surface area contributed by atoms with Gasteiger partial charge in [-0.05, 0) is 19.1 Å². The second-order valence-electron chi connectivity index (χ2n) is 5.68. The van der Waals surface area contributed by atoms with Gasteiger partial charge in [0.05, 0.1) is 31.0 Å². The zero-order valence-corrected chi connectivity index (χ0v) is 13.9. The lowest BCUT2D eigenvalue weighted by Gasteiger charge is -2.27. The van der Waals surface area contributed by atoms with Crippen LogP contribution in [0.4, 0.5) is 11.6 Å². The number of ether oxygens (including phenoxy) is 1. The van der Waals surface area contributed by atoms with Crippen LogP contribution in [0.15, 0.2) is 34.9 Å². The first kappa shape index (κ1) is 17.0. The lowest BCUT2D eigenvalue weighted by atomic mass is 10.1. The highest BCUT2D eigenvalue weighted by Gasteiger charge is 2.21. The van der Waals surface area contributed by atoms with Crippen molar-refractivity contribution in [2.45, 2.75) is 6.92 Å². The predicted octanol–water partition coefficient (Wildman–Crippen LogP) is 1.51. The third-order valence-electron chi connectivity index (χ3n) is 3.79. The molecule has 1 fully saturated rings. The Bertz CT molecular complexity index is 753. The van der Waals surface area contributed by atoms with E-state index >= 15 is 0 Å². The molecule has 8 nitrogen and oxygen atoms in total. The number of amides is 2. The highest BCUT2D eigenvalue weighted by Crippen LogP contribution is 2.18. The summed E-state index contributed by atoms with van der Waals surface area (Å²) in [5.74, 6) is -0.0654. The van der Waals surface area contributed by atoms with Gasteiger partial charge in [-0.3, -0.25) is 14.9 Å². The quantitative estimate of drug-likeness (QED) is 0.853. The number of carbonyl (C=O) groups excluding carboxylic acids is 2. The summed E-state index contributed by atoms with van der Waals surface area (Å²) in [5.41, 5.74) is 1.83. The van der Waals surface area contributed by atoms with Gasteiger partial charge >= 0.3 is 0 Å². The molecule has 2 aromatic rings. The number of para-hydroxylation sites is 1. The molecule has 25 heavy (non-hydrogen) atoms. The maximum atomic E-state index is 12.7. The maximum absolute atomic E-state index is 12.7. The van der Waals surface area contributed by atoms with Gasteiger partial charge in [0.15, 0.2) is 0 Å². The molecule has 1 saturated heterocycles. The molecule has 1 aliphatic heterocycles. The van der Waals surface area contributed by atoms with E-state index < -0.39 is 0 Å². The first-order valence-electron chi connectivity index (χ1n) is 8.06. The fraction of sp³-hybridized carbons (Fsp3) is 0.353. The number of morpholine rings is 1. The molecule has 0 aliphatic carbocycles. The van der Waals surface area contributed by atoms with Gasteiger partial charge in [0.1, 0.15) is 0 Å². The van der Waals surface area contributed by atoms with Gasteiger partial charge in [-0.25, -0.2) is 0 Å². The van der Waals surface area contributed by atoms with Gasteiger partial charge in [0.25, 0.3) is 5.91 Å². The number of anilines is 2. The number of benzene rings is 1. The number of aryl methyl sites for hydroxylation is 1. The van der Waals surface area contributed by atoms with E-state index in [0.717, 1.165) is 0 Å². The van der Waals surface area contributed by atoms with Crippen molar-refractivity contribution in [2.75, 3.05) is 43.5 Å². The molecule has 2 N–H and O–H groups in total. The molecule has 8 heteroatoms. The van der Waals surface area contributed by atoms with E-state index in [-0.39, 0.29) is 18.4 Å². The minimum absolute atomic E-state index is 0.00710. The summed E-state index contributed by atoms with van der Waals surface area (Å²) >= 11 is 0. The van der Waals surface area contributed by atoms with Gasteiger partial charge in [0, 0.05) is 24.8 Å². The lowest BCUT2D eigenvalue weighted by molar-refractivity contribution is -0.114. The molecule has 0 spiro atoms. The minimum atomic E-state index is -0.287. The van der Waals surface area contributed by atoms with E-state index in [0.29, 0.717) is 49.1 Å². The standard InChI is InChI=1S/C17H20N4O4/c1-12-10-16(25-20-12)19-15(22)11-18-14-5-3-2-4-13(14)17(23)21-6-8-24-9-7-21/h2-5,10,18H,6-9,11H2,1H3,(H,19,22). The molecular weight excluding hydrogens is 324 g/mol. The maximum Gasteiger partial charge on any atom is 0.256 e. The first-order chi connectivity index (χ1) is 12.1. The number of nitrogens with zero attached hydrogens (tertiary/aromatic N) is 2. The SMILES string of the molecule is Cc1cc(NC(=O)CNc2ccccc2C(=O)N2CCOCC2)on1. The summed E-state index contributed by atoms with van der Waals surface area (Å²) < 4.78 is 10.2. The number of aromatic nitrogens is 1. The van der Waals surface area contributed by atoms with Crippen LogP contribution in [0.5, 0.6) is 0 Å². The zero-order chi connectivity index (χ0) is 17.6. The van der Waals surface area contributed by atoms with E-state index in [1.807, 2.05) is 6.07 Å². The van der Waals surface area contributed by atoms with E-state index in [4.69, 9.17) is 9.26 Å². The van der Waals surface area contributed by atoms with Crippen molar-refractivity contribution in [3.63, 3.8) is 0 Å². The lowest BCUT2D eigenvalue weighted by Crippen LogP contribution is -2.41. The van der Waals surface area contributed by atoms with Crippen LogP contribution in [-0.4, -0.2) is 54.7 Å². The summed E-state index contributed by atoms with van der Waals surface area (Å²) in [7, 11) is 0. The van der Waals surface area contributed by atoms with Gasteiger partial charge in [-0.15, -0.1) is 0 Å². The number of carbonyl (C=O) groups is 2. The average Bonchev–Trinajstić information content (AvgIpc) is 3.05. The van der Waals surface area contributed by atoms with Gasteiger partial charge in [-0.1, -0.05) is 17.3 Å². The zero-order valence-electron chi connectivity index (χ0n) is 13.9. The van der Waals surface area contributed by atoms with E-state index in [9.17, 15) is 9.59 Å². The van der Waals surface area contributed by atoms with Crippen molar-refractivity contribution in [1.82, 2.24) is 10.1 Å². The smallest absolute Gasteiger partial charge is 0.256 e. The molecule has 2 amide bonds. The number of hydrogen-bond acceptors (Lipinski definition) is 6. The summed E-state index contributed by atoms with van der Waals surface area (Å²) in [6.07, 6.45) is 0. The Morgan fingerprint density at radius 3 is 2.72 bits per heavy atom. The van der Waals surface area contributed by atoms with Gasteiger partial charge < -0.3 is 19.5 Å². The molecule has 0 unspecified atom stereocenters. The second kappa shape index (κ2) is 7.80. The fourth-order valence-electron chi connectivity index (χ4n) is 2.54. The predicted molar refractivity (Wildman–Crippen MR) is 91.5 cm³/mol. The normalized spacial score (nSPS) is 14.2. The Balaban J connectivity index is 1.62. The van der Waals surface area contributed by atoms with Crippen molar-refractivity contribution >= 4 is 23.4 Å². The Morgan fingerprint density at radius 2 is 2.00 bits per heavy atom. The summed E-state index contributed by atoms with van der Waals surface area (Å²) in [5, 5.41) is 9.32. The van der Waals surface area contributed by atoms with Crippen LogP contribution in [0.1, 0.15) is 16.1 Å². The van der Waals surface area contributed by atoms with Crippen LogP contribution >= 0.6 is 0 Å². The number of nitrogens with one attached hydrogen (secondary N) is 2. The molecule has 0 saturated carbocycles. The third-order valence-corrected chi connectivity index (χ3v) is 3.79.